The smallest absolute Gasteiger partial charge is 0.416 e. The molecule has 0 radical (unpaired) electrons. The van der Waals surface area contributed by atoms with Crippen LogP contribution in [0.4, 0.5) is 18.3 Å². The van der Waals surface area contributed by atoms with Gasteiger partial charge in [0.2, 0.25) is 21.1 Å². The van der Waals surface area contributed by atoms with Crippen LogP contribution in [-0.2, 0) is 27.4 Å². The molecule has 200 valence electrons. The van der Waals surface area contributed by atoms with Gasteiger partial charge in [-0.25, -0.2) is 12.7 Å². The fraction of sp³-hybridized carbons (Fsp3) is 0.348. The fourth-order valence-electron chi connectivity index (χ4n) is 3.33. The number of anilines is 1. The maximum Gasteiger partial charge on any atom is 0.416 e. The molecule has 3 aromatic rings. The SMILES string of the molecule is COc1ccc(CCN(CCC(=O)Nc2nnc(-c3ccc(C(F)(F)F)cc3)s2)S(C)(=O)=O)cc1OC. The lowest BCUT2D eigenvalue weighted by atomic mass is 10.1. The third-order valence-corrected chi connectivity index (χ3v) is 7.48. The summed E-state index contributed by atoms with van der Waals surface area (Å²) < 4.78 is 74.4. The topological polar surface area (TPSA) is 111 Å². The zero-order valence-corrected chi connectivity index (χ0v) is 21.8. The van der Waals surface area contributed by atoms with Gasteiger partial charge in [0.25, 0.3) is 0 Å². The molecular weight excluding hydrogens is 533 g/mol. The van der Waals surface area contributed by atoms with Gasteiger partial charge in [-0.3, -0.25) is 4.79 Å². The molecular formula is C23H25F3N4O5S2. The number of nitrogens with zero attached hydrogens (tertiary/aromatic N) is 3. The number of benzene rings is 2. The molecule has 0 bridgehead atoms. The molecule has 0 atom stereocenters. The summed E-state index contributed by atoms with van der Waals surface area (Å²) in [6.45, 7) is 0.0982. The average Bonchev–Trinajstić information content (AvgIpc) is 3.30. The van der Waals surface area contributed by atoms with E-state index in [1.54, 1.807) is 18.2 Å². The Bertz CT molecular complexity index is 1330. The molecule has 0 spiro atoms. The monoisotopic (exact) mass is 558 g/mol. The maximum absolute atomic E-state index is 12.7. The number of nitrogens with one attached hydrogen (secondary N) is 1. The van der Waals surface area contributed by atoms with Crippen LogP contribution in [0.15, 0.2) is 42.5 Å². The highest BCUT2D eigenvalue weighted by Gasteiger charge is 2.30. The van der Waals surface area contributed by atoms with Gasteiger partial charge in [-0.2, -0.15) is 13.2 Å². The number of sulfonamides is 1. The summed E-state index contributed by atoms with van der Waals surface area (Å²) in [6, 6.07) is 9.73. The lowest BCUT2D eigenvalue weighted by molar-refractivity contribution is -0.137. The van der Waals surface area contributed by atoms with E-state index >= 15 is 0 Å². The van der Waals surface area contributed by atoms with Crippen LogP contribution < -0.4 is 14.8 Å². The third kappa shape index (κ3) is 7.87. The van der Waals surface area contributed by atoms with Gasteiger partial charge >= 0.3 is 6.18 Å². The Labute approximate surface area is 216 Å². The first-order chi connectivity index (χ1) is 17.4. The number of hydrogen-bond donors (Lipinski definition) is 1. The third-order valence-electron chi connectivity index (χ3n) is 5.29. The second-order valence-corrected chi connectivity index (χ2v) is 10.8. The summed E-state index contributed by atoms with van der Waals surface area (Å²) in [7, 11) is -0.560. The number of aromatic nitrogens is 2. The molecule has 0 aliphatic rings. The number of methoxy groups -OCH3 is 2. The van der Waals surface area contributed by atoms with Gasteiger partial charge in [0.05, 0.1) is 26.0 Å². The quantitative estimate of drug-likeness (QED) is 0.378. The van der Waals surface area contributed by atoms with Crippen molar-refractivity contribution in [1.82, 2.24) is 14.5 Å². The summed E-state index contributed by atoms with van der Waals surface area (Å²) in [5.41, 5.74) is 0.473. The van der Waals surface area contributed by atoms with E-state index in [0.717, 1.165) is 35.3 Å². The van der Waals surface area contributed by atoms with Crippen LogP contribution >= 0.6 is 11.3 Å². The summed E-state index contributed by atoms with van der Waals surface area (Å²) in [5.74, 6) is 0.605. The lowest BCUT2D eigenvalue weighted by Crippen LogP contribution is -2.34. The van der Waals surface area contributed by atoms with E-state index in [9.17, 15) is 26.4 Å². The van der Waals surface area contributed by atoms with Crippen molar-refractivity contribution in [1.29, 1.82) is 0 Å². The maximum atomic E-state index is 12.7. The zero-order chi connectivity index (χ0) is 27.2. The second-order valence-electron chi connectivity index (χ2n) is 7.89. The van der Waals surface area contributed by atoms with E-state index in [2.05, 4.69) is 15.5 Å². The Morgan fingerprint density at radius 2 is 1.70 bits per heavy atom. The van der Waals surface area contributed by atoms with Crippen molar-refractivity contribution >= 4 is 32.4 Å². The predicted molar refractivity (Wildman–Crippen MR) is 133 cm³/mol. The Morgan fingerprint density at radius 3 is 2.30 bits per heavy atom. The van der Waals surface area contributed by atoms with Crippen LogP contribution in [-0.4, -0.2) is 62.4 Å². The molecule has 37 heavy (non-hydrogen) atoms. The van der Waals surface area contributed by atoms with Gasteiger partial charge in [0.1, 0.15) is 5.01 Å². The first-order valence-electron chi connectivity index (χ1n) is 10.9. The molecule has 0 unspecified atom stereocenters. The molecule has 0 fully saturated rings. The number of amides is 1. The minimum absolute atomic E-state index is 0.0531. The van der Waals surface area contributed by atoms with Gasteiger partial charge in [0.15, 0.2) is 11.5 Å². The van der Waals surface area contributed by atoms with Crippen molar-refractivity contribution in [2.75, 3.05) is 38.9 Å². The van der Waals surface area contributed by atoms with Gasteiger partial charge in [-0.15, -0.1) is 10.2 Å². The van der Waals surface area contributed by atoms with Crippen LogP contribution in [0.3, 0.4) is 0 Å². The summed E-state index contributed by atoms with van der Waals surface area (Å²) in [6.07, 6.45) is -3.11. The van der Waals surface area contributed by atoms with E-state index in [1.165, 1.54) is 30.7 Å². The predicted octanol–water partition coefficient (Wildman–Crippen LogP) is 4.07. The molecule has 0 saturated carbocycles. The molecule has 3 rings (SSSR count). The Morgan fingerprint density at radius 1 is 1.03 bits per heavy atom. The fourth-order valence-corrected chi connectivity index (χ4v) is 4.94. The average molecular weight is 559 g/mol. The first kappa shape index (κ1) is 28.3. The highest BCUT2D eigenvalue weighted by atomic mass is 32.2. The van der Waals surface area contributed by atoms with Crippen LogP contribution in [0.5, 0.6) is 11.5 Å². The molecule has 0 aliphatic carbocycles. The number of carbonyl (C=O) groups is 1. The van der Waals surface area contributed by atoms with Crippen molar-refractivity contribution in [3.05, 3.63) is 53.6 Å². The van der Waals surface area contributed by atoms with E-state index < -0.39 is 27.7 Å². The van der Waals surface area contributed by atoms with Crippen molar-refractivity contribution in [2.45, 2.75) is 19.0 Å². The van der Waals surface area contributed by atoms with Crippen molar-refractivity contribution in [2.24, 2.45) is 0 Å². The molecule has 9 nitrogen and oxygen atoms in total. The van der Waals surface area contributed by atoms with Crippen LogP contribution in [0.2, 0.25) is 0 Å². The van der Waals surface area contributed by atoms with Crippen molar-refractivity contribution in [3.63, 3.8) is 0 Å². The van der Waals surface area contributed by atoms with Crippen LogP contribution in [0.1, 0.15) is 17.5 Å². The number of rotatable bonds is 11. The lowest BCUT2D eigenvalue weighted by Gasteiger charge is -2.20. The Balaban J connectivity index is 1.57. The van der Waals surface area contributed by atoms with Crippen LogP contribution in [0.25, 0.3) is 10.6 Å². The number of carbonyl (C=O) groups excluding carboxylic acids is 1. The Kier molecular flexibility index (Phi) is 9.10. The van der Waals surface area contributed by atoms with E-state index in [4.69, 9.17) is 9.47 Å². The van der Waals surface area contributed by atoms with Gasteiger partial charge < -0.3 is 14.8 Å². The molecule has 1 amide bonds. The molecule has 14 heteroatoms. The normalized spacial score (nSPS) is 12.0. The molecule has 2 aromatic carbocycles. The standard InChI is InChI=1S/C23H25F3N4O5S2/c1-34-18-9-4-15(14-19(18)35-2)10-12-30(37(3,32)33)13-11-20(31)27-22-29-28-21(36-22)16-5-7-17(8-6-16)23(24,25)26/h4-9,14H,10-13H2,1-3H3,(H,27,29,31). The number of halogens is 3. The zero-order valence-electron chi connectivity index (χ0n) is 20.2. The second kappa shape index (κ2) is 11.9. The van der Waals surface area contributed by atoms with Crippen LogP contribution in [0, 0.1) is 0 Å². The van der Waals surface area contributed by atoms with E-state index in [-0.39, 0.29) is 24.6 Å². The molecule has 1 N–H and O–H groups in total. The minimum Gasteiger partial charge on any atom is -0.493 e. The summed E-state index contributed by atoms with van der Waals surface area (Å²) in [5, 5.41) is 10.8. The molecule has 1 aromatic heterocycles. The first-order valence-corrected chi connectivity index (χ1v) is 13.5. The van der Waals surface area contributed by atoms with E-state index in [1.807, 2.05) is 0 Å². The number of ether oxygens (including phenoxy) is 2. The minimum atomic E-state index is -4.44. The summed E-state index contributed by atoms with van der Waals surface area (Å²) in [4.78, 5) is 12.4. The van der Waals surface area contributed by atoms with Crippen molar-refractivity contribution < 1.29 is 35.9 Å². The molecule has 1 heterocycles. The van der Waals surface area contributed by atoms with E-state index in [0.29, 0.717) is 28.5 Å². The van der Waals surface area contributed by atoms with Crippen molar-refractivity contribution in [3.8, 4) is 22.1 Å². The van der Waals surface area contributed by atoms with Gasteiger partial charge in [-0.05, 0) is 36.2 Å². The largest absolute Gasteiger partial charge is 0.493 e. The highest BCUT2D eigenvalue weighted by molar-refractivity contribution is 7.88. The van der Waals surface area contributed by atoms with Gasteiger partial charge in [-0.1, -0.05) is 29.5 Å². The number of hydrogen-bond acceptors (Lipinski definition) is 8. The summed E-state index contributed by atoms with van der Waals surface area (Å²) >= 11 is 0.992. The Hall–Kier alpha value is -3.23. The molecule has 0 saturated heterocycles. The molecule has 0 aliphatic heterocycles. The van der Waals surface area contributed by atoms with Gasteiger partial charge in [0, 0.05) is 25.1 Å². The highest BCUT2D eigenvalue weighted by Crippen LogP contribution is 2.32. The number of alkyl halides is 3.